The summed E-state index contributed by atoms with van der Waals surface area (Å²) in [6.07, 6.45) is 2.08. The molecule has 0 aliphatic rings. The van der Waals surface area contributed by atoms with Crippen LogP contribution < -0.4 is 5.73 Å². The number of nitrogens with zero attached hydrogens (tertiary/aromatic N) is 1. The molecule has 3 heteroatoms. The highest BCUT2D eigenvalue weighted by molar-refractivity contribution is 5.83. The number of ether oxygens (including phenoxy) is 1. The molecule has 0 fully saturated rings. The quantitative estimate of drug-likeness (QED) is 0.826. The van der Waals surface area contributed by atoms with Crippen molar-refractivity contribution in [3.8, 4) is 0 Å². The monoisotopic (exact) mass is 232 g/mol. The molecule has 0 radical (unpaired) electrons. The van der Waals surface area contributed by atoms with E-state index >= 15 is 0 Å². The first-order valence-corrected chi connectivity index (χ1v) is 5.94. The summed E-state index contributed by atoms with van der Waals surface area (Å²) >= 11 is 0. The number of hydrogen-bond donors (Lipinski definition) is 1. The third-order valence-corrected chi connectivity index (χ3v) is 2.67. The van der Waals surface area contributed by atoms with Crippen molar-refractivity contribution in [1.82, 2.24) is 4.57 Å². The summed E-state index contributed by atoms with van der Waals surface area (Å²) in [5.41, 5.74) is 7.69. The van der Waals surface area contributed by atoms with Gasteiger partial charge in [0.05, 0.1) is 17.7 Å². The van der Waals surface area contributed by atoms with E-state index in [9.17, 15) is 0 Å². The van der Waals surface area contributed by atoms with Gasteiger partial charge in [-0.15, -0.1) is 0 Å². The lowest BCUT2D eigenvalue weighted by Crippen LogP contribution is -2.21. The minimum atomic E-state index is -0.0814. The van der Waals surface area contributed by atoms with E-state index in [-0.39, 0.29) is 5.60 Å². The minimum Gasteiger partial charge on any atom is -0.399 e. The van der Waals surface area contributed by atoms with E-state index in [4.69, 9.17) is 10.5 Å². The van der Waals surface area contributed by atoms with Crippen LogP contribution in [-0.4, -0.2) is 16.8 Å². The Hall–Kier alpha value is -1.48. The van der Waals surface area contributed by atoms with Crippen molar-refractivity contribution in [2.75, 3.05) is 12.3 Å². The fourth-order valence-electron chi connectivity index (χ4n) is 1.85. The van der Waals surface area contributed by atoms with E-state index in [0.29, 0.717) is 6.61 Å². The summed E-state index contributed by atoms with van der Waals surface area (Å²) in [7, 11) is 0. The Morgan fingerprint density at radius 1 is 1.24 bits per heavy atom. The zero-order valence-electron chi connectivity index (χ0n) is 10.7. The topological polar surface area (TPSA) is 40.2 Å². The molecule has 1 aromatic carbocycles. The zero-order valence-corrected chi connectivity index (χ0v) is 10.7. The first kappa shape index (κ1) is 12.0. The molecular formula is C14H20N2O. The Kier molecular flexibility index (Phi) is 3.11. The fraction of sp³-hybridized carbons (Fsp3) is 0.429. The van der Waals surface area contributed by atoms with Crippen molar-refractivity contribution in [2.45, 2.75) is 32.9 Å². The summed E-state index contributed by atoms with van der Waals surface area (Å²) < 4.78 is 7.91. The van der Waals surface area contributed by atoms with E-state index in [0.717, 1.165) is 12.2 Å². The van der Waals surface area contributed by atoms with Gasteiger partial charge in [0.25, 0.3) is 0 Å². The number of rotatable bonds is 3. The summed E-state index contributed by atoms with van der Waals surface area (Å²) in [4.78, 5) is 0. The predicted octanol–water partition coefficient (Wildman–Crippen LogP) is 3.04. The molecular weight excluding hydrogens is 212 g/mol. The van der Waals surface area contributed by atoms with Gasteiger partial charge < -0.3 is 15.0 Å². The summed E-state index contributed by atoms with van der Waals surface area (Å²) in [6.45, 7) is 7.77. The standard InChI is InChI=1S/C14H20N2O/c1-14(2,3)17-9-8-16-7-6-11-4-5-12(15)10-13(11)16/h4-7,10H,8-9,15H2,1-3H3. The number of anilines is 1. The minimum absolute atomic E-state index is 0.0814. The predicted molar refractivity (Wildman–Crippen MR) is 72.1 cm³/mol. The van der Waals surface area contributed by atoms with Gasteiger partial charge in [-0.2, -0.15) is 0 Å². The van der Waals surface area contributed by atoms with Crippen LogP contribution in [-0.2, 0) is 11.3 Å². The van der Waals surface area contributed by atoms with E-state index in [1.54, 1.807) is 0 Å². The number of hydrogen-bond acceptors (Lipinski definition) is 2. The van der Waals surface area contributed by atoms with Crippen molar-refractivity contribution < 1.29 is 4.74 Å². The maximum Gasteiger partial charge on any atom is 0.0652 e. The number of nitrogens with two attached hydrogens (primary N) is 1. The van der Waals surface area contributed by atoms with Gasteiger partial charge in [0.15, 0.2) is 0 Å². The Morgan fingerprint density at radius 2 is 2.00 bits per heavy atom. The van der Waals surface area contributed by atoms with Crippen molar-refractivity contribution in [1.29, 1.82) is 0 Å². The third-order valence-electron chi connectivity index (χ3n) is 2.67. The Labute approximate surface area is 102 Å². The molecule has 1 heterocycles. The third kappa shape index (κ3) is 3.01. The van der Waals surface area contributed by atoms with Crippen LogP contribution in [0, 0.1) is 0 Å². The van der Waals surface area contributed by atoms with Gasteiger partial charge in [0, 0.05) is 18.4 Å². The zero-order chi connectivity index (χ0) is 12.5. The van der Waals surface area contributed by atoms with E-state index in [2.05, 4.69) is 37.6 Å². The summed E-state index contributed by atoms with van der Waals surface area (Å²) in [6, 6.07) is 8.09. The van der Waals surface area contributed by atoms with Crippen LogP contribution in [0.15, 0.2) is 30.5 Å². The van der Waals surface area contributed by atoms with Crippen LogP contribution in [0.5, 0.6) is 0 Å². The molecule has 0 aliphatic carbocycles. The maximum absolute atomic E-state index is 5.81. The molecule has 2 N–H and O–H groups in total. The van der Waals surface area contributed by atoms with Crippen LogP contribution in [0.1, 0.15) is 20.8 Å². The van der Waals surface area contributed by atoms with Crippen molar-refractivity contribution in [3.63, 3.8) is 0 Å². The van der Waals surface area contributed by atoms with Crippen LogP contribution in [0.4, 0.5) is 5.69 Å². The number of fused-ring (bicyclic) bond motifs is 1. The molecule has 0 saturated heterocycles. The Bertz CT molecular complexity index is 508. The molecule has 0 unspecified atom stereocenters. The van der Waals surface area contributed by atoms with E-state index in [1.165, 1.54) is 10.9 Å². The second-order valence-corrected chi connectivity index (χ2v) is 5.29. The highest BCUT2D eigenvalue weighted by Crippen LogP contribution is 2.19. The summed E-state index contributed by atoms with van der Waals surface area (Å²) in [5.74, 6) is 0. The maximum atomic E-state index is 5.81. The van der Waals surface area contributed by atoms with Gasteiger partial charge in [-0.25, -0.2) is 0 Å². The molecule has 17 heavy (non-hydrogen) atoms. The molecule has 3 nitrogen and oxygen atoms in total. The molecule has 0 aliphatic heterocycles. The molecule has 0 spiro atoms. The van der Waals surface area contributed by atoms with E-state index < -0.39 is 0 Å². The second kappa shape index (κ2) is 4.41. The normalized spacial score (nSPS) is 12.2. The highest BCUT2D eigenvalue weighted by atomic mass is 16.5. The van der Waals surface area contributed by atoms with Gasteiger partial charge in [0.1, 0.15) is 0 Å². The first-order chi connectivity index (χ1) is 7.96. The van der Waals surface area contributed by atoms with Gasteiger partial charge in [-0.1, -0.05) is 6.07 Å². The molecule has 2 aromatic rings. The van der Waals surface area contributed by atoms with Gasteiger partial charge in [-0.3, -0.25) is 0 Å². The first-order valence-electron chi connectivity index (χ1n) is 5.94. The van der Waals surface area contributed by atoms with Crippen molar-refractivity contribution in [3.05, 3.63) is 30.5 Å². The van der Waals surface area contributed by atoms with Gasteiger partial charge in [-0.05, 0) is 44.4 Å². The molecule has 92 valence electrons. The number of benzene rings is 1. The molecule has 1 aromatic heterocycles. The van der Waals surface area contributed by atoms with Crippen molar-refractivity contribution in [2.24, 2.45) is 0 Å². The number of nitrogen functional groups attached to an aromatic ring is 1. The van der Waals surface area contributed by atoms with Gasteiger partial charge >= 0.3 is 0 Å². The second-order valence-electron chi connectivity index (χ2n) is 5.29. The van der Waals surface area contributed by atoms with Crippen LogP contribution >= 0.6 is 0 Å². The smallest absolute Gasteiger partial charge is 0.0652 e. The average molecular weight is 232 g/mol. The van der Waals surface area contributed by atoms with E-state index in [1.807, 2.05) is 18.2 Å². The SMILES string of the molecule is CC(C)(C)OCCn1ccc2ccc(N)cc21. The molecule has 0 bridgehead atoms. The molecule has 0 saturated carbocycles. The molecule has 0 atom stereocenters. The average Bonchev–Trinajstić information content (AvgIpc) is 2.59. The summed E-state index contributed by atoms with van der Waals surface area (Å²) in [5, 5.41) is 1.22. The van der Waals surface area contributed by atoms with Crippen molar-refractivity contribution >= 4 is 16.6 Å². The highest BCUT2D eigenvalue weighted by Gasteiger charge is 2.09. The van der Waals surface area contributed by atoms with Crippen LogP contribution in [0.3, 0.4) is 0 Å². The Balaban J connectivity index is 2.11. The van der Waals surface area contributed by atoms with Gasteiger partial charge in [0.2, 0.25) is 0 Å². The largest absolute Gasteiger partial charge is 0.399 e. The lowest BCUT2D eigenvalue weighted by Gasteiger charge is -2.19. The lowest BCUT2D eigenvalue weighted by molar-refractivity contribution is -0.00644. The van der Waals surface area contributed by atoms with Crippen LogP contribution in [0.2, 0.25) is 0 Å². The Morgan fingerprint density at radius 3 is 2.71 bits per heavy atom. The fourth-order valence-corrected chi connectivity index (χ4v) is 1.85. The molecule has 0 amide bonds. The lowest BCUT2D eigenvalue weighted by atomic mass is 10.2. The molecule has 2 rings (SSSR count). The number of aromatic nitrogens is 1. The van der Waals surface area contributed by atoms with Crippen LogP contribution in [0.25, 0.3) is 10.9 Å².